The van der Waals surface area contributed by atoms with Crippen molar-refractivity contribution in [2.24, 2.45) is 27.8 Å². The number of phenols is 1. The second kappa shape index (κ2) is 26.3. The lowest BCUT2D eigenvalue weighted by Gasteiger charge is -2.33. The fraction of sp³-hybridized carbons (Fsp3) is 0.674. The number of carbonyl (C=O) groups is 7. The first kappa shape index (κ1) is 57.3. The van der Waals surface area contributed by atoms with Crippen LogP contribution in [0.25, 0.3) is 0 Å². The fourth-order valence-electron chi connectivity index (χ4n) is 6.79. The van der Waals surface area contributed by atoms with Crippen molar-refractivity contribution in [3.8, 4) is 5.75 Å². The average molecular weight is 930 g/mol. The van der Waals surface area contributed by atoms with Gasteiger partial charge in [-0.3, -0.25) is 29.0 Å². The summed E-state index contributed by atoms with van der Waals surface area (Å²) in [5.41, 5.74) is 10.7. The lowest BCUT2D eigenvalue weighted by molar-refractivity contribution is -0.870. The van der Waals surface area contributed by atoms with Gasteiger partial charge in [0.2, 0.25) is 29.5 Å². The van der Waals surface area contributed by atoms with Crippen molar-refractivity contribution in [1.82, 2.24) is 26.2 Å². The maximum atomic E-state index is 14.1. The Hall–Kier alpha value is -5.67. The van der Waals surface area contributed by atoms with Crippen LogP contribution in [0.1, 0.15) is 98.0 Å². The van der Waals surface area contributed by atoms with Crippen LogP contribution in [-0.4, -0.2) is 144 Å². The molecule has 1 aliphatic rings. The second-order valence-electron chi connectivity index (χ2n) is 18.6. The number of amides is 5. The number of halogens is 3. The van der Waals surface area contributed by atoms with Crippen LogP contribution in [0.15, 0.2) is 29.3 Å². The van der Waals surface area contributed by atoms with E-state index in [1.165, 1.54) is 17.0 Å². The molecule has 1 fully saturated rings. The maximum Gasteiger partial charge on any atom is 0.430 e. The first-order valence-corrected chi connectivity index (χ1v) is 21.6. The molecule has 0 unspecified atom stereocenters. The molecule has 0 aromatic heterocycles. The Morgan fingerprint density at radius 2 is 1.48 bits per heavy atom. The molecule has 19 nitrogen and oxygen atoms in total. The number of hydrogen-bond donors (Lipinski definition) is 8. The van der Waals surface area contributed by atoms with Gasteiger partial charge in [-0.25, -0.2) is 4.79 Å². The van der Waals surface area contributed by atoms with Gasteiger partial charge >= 0.3 is 12.1 Å². The number of quaternary nitrogens is 1. The third kappa shape index (κ3) is 22.7. The first-order valence-electron chi connectivity index (χ1n) is 21.6. The number of hydrogen-bond acceptors (Lipinski definition) is 10. The van der Waals surface area contributed by atoms with Gasteiger partial charge in [0.25, 0.3) is 0 Å². The highest BCUT2D eigenvalue weighted by Gasteiger charge is 2.41. The molecule has 10 N–H and O–H groups in total. The zero-order valence-electron chi connectivity index (χ0n) is 38.8. The Morgan fingerprint density at radius 1 is 0.877 bits per heavy atom. The number of nitrogens with two attached hydrogens (primary N) is 2. The molecule has 0 radical (unpaired) electrons. The summed E-state index contributed by atoms with van der Waals surface area (Å²) in [5.74, 6) is -6.99. The quantitative estimate of drug-likeness (QED) is 0.0325. The Morgan fingerprint density at radius 3 is 1.98 bits per heavy atom. The number of unbranched alkanes of at least 4 members (excludes halogenated alkanes) is 2. The first-order chi connectivity index (χ1) is 29.9. The molecule has 5 atom stereocenters. The minimum Gasteiger partial charge on any atom is -0.542 e. The molecule has 2 rings (SSSR count). The molecule has 1 aromatic rings. The molecule has 368 valence electrons. The zero-order chi connectivity index (χ0) is 49.9. The van der Waals surface area contributed by atoms with Crippen LogP contribution >= 0.6 is 0 Å². The van der Waals surface area contributed by atoms with Gasteiger partial charge in [0.15, 0.2) is 5.96 Å². The molecule has 0 bridgehead atoms. The molecule has 1 heterocycles. The molecule has 5 amide bonds. The lowest BCUT2D eigenvalue weighted by Crippen LogP contribution is -2.61. The number of aliphatic carboxylic acids is 2. The summed E-state index contributed by atoms with van der Waals surface area (Å²) in [4.78, 5) is 95.2. The Labute approximate surface area is 378 Å². The summed E-state index contributed by atoms with van der Waals surface area (Å²) >= 11 is 0. The van der Waals surface area contributed by atoms with Crippen molar-refractivity contribution < 1.29 is 66.5 Å². The Bertz CT molecular complexity index is 1780. The van der Waals surface area contributed by atoms with E-state index >= 15 is 0 Å². The summed E-state index contributed by atoms with van der Waals surface area (Å²) in [6.45, 7) is 10.3. The smallest absolute Gasteiger partial charge is 0.430 e. The third-order valence-corrected chi connectivity index (χ3v) is 10.1. The number of nitrogens with one attached hydrogen (secondary N) is 4. The third-order valence-electron chi connectivity index (χ3n) is 10.1. The van der Waals surface area contributed by atoms with Crippen LogP contribution in [0.2, 0.25) is 0 Å². The normalized spacial score (nSPS) is 15.9. The molecule has 65 heavy (non-hydrogen) atoms. The molecule has 0 saturated carbocycles. The molecule has 0 aliphatic carbocycles. The van der Waals surface area contributed by atoms with E-state index in [1.54, 1.807) is 32.9 Å². The summed E-state index contributed by atoms with van der Waals surface area (Å²) < 4.78 is 32.4. The predicted octanol–water partition coefficient (Wildman–Crippen LogP) is 0.661. The summed E-state index contributed by atoms with van der Waals surface area (Å²) in [5, 5.41) is 39.4. The van der Waals surface area contributed by atoms with Gasteiger partial charge in [0.1, 0.15) is 41.9 Å². The average Bonchev–Trinajstić information content (AvgIpc) is 3.67. The lowest BCUT2D eigenvalue weighted by atomic mass is 9.85. The largest absolute Gasteiger partial charge is 0.542 e. The molecular weight excluding hydrogens is 860 g/mol. The molecule has 1 aromatic carbocycles. The van der Waals surface area contributed by atoms with Gasteiger partial charge in [-0.05, 0) is 80.4 Å². The number of phenolic OH excluding ortho intramolecular Hbond substituents is 1. The zero-order valence-corrected chi connectivity index (χ0v) is 38.8. The van der Waals surface area contributed by atoms with Crippen molar-refractivity contribution in [2.75, 3.05) is 40.8 Å². The van der Waals surface area contributed by atoms with Crippen LogP contribution < -0.4 is 37.8 Å². The number of alkyl halides is 3. The van der Waals surface area contributed by atoms with E-state index in [2.05, 4.69) is 47.4 Å². The number of carbonyl (C=O) groups excluding carboxylic acids is 6. The number of aromatic hydroxyl groups is 1. The molecule has 0 spiro atoms. The monoisotopic (exact) mass is 930 g/mol. The number of likely N-dealkylation sites (tertiary alicyclic amines) is 1. The van der Waals surface area contributed by atoms with E-state index in [9.17, 15) is 52.2 Å². The number of rotatable bonds is 23. The van der Waals surface area contributed by atoms with Crippen LogP contribution in [0.5, 0.6) is 5.75 Å². The second-order valence-corrected chi connectivity index (χ2v) is 18.6. The molecule has 1 saturated heterocycles. The van der Waals surface area contributed by atoms with Gasteiger partial charge in [-0.1, -0.05) is 46.8 Å². The van der Waals surface area contributed by atoms with Gasteiger partial charge in [0, 0.05) is 25.9 Å². The van der Waals surface area contributed by atoms with E-state index in [-0.39, 0.29) is 62.3 Å². The van der Waals surface area contributed by atoms with E-state index in [1.807, 2.05) is 13.8 Å². The molecular formula is C43H70F3N9O10. The minimum atomic E-state index is -5.19. The van der Waals surface area contributed by atoms with Gasteiger partial charge in [-0.2, -0.15) is 13.2 Å². The van der Waals surface area contributed by atoms with Crippen molar-refractivity contribution in [3.05, 3.63) is 29.8 Å². The Balaban J connectivity index is 0.00000277. The highest BCUT2D eigenvalue weighted by Crippen LogP contribution is 2.23. The standard InChI is InChI=1S/C41H69N9O8.C2HF3O2/c1-26(2)24-31(39(57)58)47-37(55)34(41(3,4)5)48-35(53)30(25-27-17-19-28(51)20-18-27)46-36(54)32-15-13-22-49(32)38(56)29(14-12-21-44-40(42)43)45-33(52)16-10-9-11-23-50(6,7)8;3-2(4,5)1(6)7/h17-20,26,29-32,34H,9-16,21-25H2,1-8H3,(H9-,42,43,44,45,46,47,48,51,52,53,54,55,57,58);(H,6,7)/t29-,30-,31-,32-,34+;/m0./s1. The highest BCUT2D eigenvalue weighted by molar-refractivity contribution is 5.96. The van der Waals surface area contributed by atoms with Gasteiger partial charge in [0.05, 0.1) is 27.7 Å². The summed E-state index contributed by atoms with van der Waals surface area (Å²) in [6.07, 6.45) is -0.868. The van der Waals surface area contributed by atoms with Gasteiger partial charge < -0.3 is 62.2 Å². The summed E-state index contributed by atoms with van der Waals surface area (Å²) in [6, 6.07) is 0.617. The number of nitrogens with zero attached hydrogens (tertiary/aromatic N) is 3. The molecule has 22 heteroatoms. The van der Waals surface area contributed by atoms with Crippen LogP contribution in [0, 0.1) is 11.3 Å². The molecule has 1 aliphatic heterocycles. The minimum absolute atomic E-state index is 0.00699. The number of carboxylic acid groups (broad SMARTS) is 2. The Kier molecular flexibility index (Phi) is 23.2. The van der Waals surface area contributed by atoms with Crippen LogP contribution in [0.3, 0.4) is 0 Å². The van der Waals surface area contributed by atoms with Crippen LogP contribution in [0.4, 0.5) is 13.2 Å². The van der Waals surface area contributed by atoms with Crippen molar-refractivity contribution >= 4 is 47.4 Å². The van der Waals surface area contributed by atoms with Crippen molar-refractivity contribution in [3.63, 3.8) is 0 Å². The van der Waals surface area contributed by atoms with E-state index in [0.717, 1.165) is 23.9 Å². The number of aliphatic imine (C=N–C) groups is 1. The number of guanidine groups is 1. The van der Waals surface area contributed by atoms with Gasteiger partial charge in [-0.15, -0.1) is 0 Å². The maximum absolute atomic E-state index is 14.1. The van der Waals surface area contributed by atoms with Crippen LogP contribution in [-0.2, 0) is 40.0 Å². The summed E-state index contributed by atoms with van der Waals surface area (Å²) in [7, 11) is 6.33. The SMILES string of the molecule is CC(C)C[C@H](NC(=O)[C@@H](NC(=O)[C@H](Cc1ccc(O)cc1)NC(=O)[C@@H]1CCCN1C(=O)[C@H](CCCN=C(N)N)NC(=O)CCCCC[N+](C)(C)C)C(C)(C)C)C(=O)O.O=C([O-])C(F)(F)F. The van der Waals surface area contributed by atoms with Crippen molar-refractivity contribution in [2.45, 2.75) is 135 Å². The topological polar surface area (TPSA) is 299 Å². The highest BCUT2D eigenvalue weighted by atomic mass is 19.4. The van der Waals surface area contributed by atoms with E-state index in [4.69, 9.17) is 21.4 Å². The predicted molar refractivity (Wildman–Crippen MR) is 233 cm³/mol. The van der Waals surface area contributed by atoms with E-state index < -0.39 is 77.4 Å². The van der Waals surface area contributed by atoms with E-state index in [0.29, 0.717) is 31.2 Å². The number of carboxylic acids is 2. The number of benzene rings is 1. The van der Waals surface area contributed by atoms with Crippen molar-refractivity contribution in [1.29, 1.82) is 0 Å². The fourth-order valence-corrected chi connectivity index (χ4v) is 6.79.